The molecule has 1 N–H and O–H groups in total. The van der Waals surface area contributed by atoms with E-state index in [1.165, 1.54) is 57.8 Å². The van der Waals surface area contributed by atoms with Crippen molar-refractivity contribution in [1.82, 2.24) is 0 Å². The molecule has 0 heterocycles. The molecular weight excluding hydrogens is 340 g/mol. The first-order valence-corrected chi connectivity index (χ1v) is 12.9. The number of rotatable bonds is 8. The standard InChI is InChI=1S/C22H33NP2/c1-7-24(8-2)21-15-17(5)11-13-19(21)23-20-14-12-18(6)16-22(20)25(9-3)10-4/h11-16,23H,7-10H2,1-6H3. The van der Waals surface area contributed by atoms with Crippen molar-refractivity contribution in [3.8, 4) is 0 Å². The molecule has 0 aliphatic heterocycles. The molecule has 1 nitrogen and oxygen atoms in total. The summed E-state index contributed by atoms with van der Waals surface area (Å²) in [7, 11) is -0.160. The van der Waals surface area contributed by atoms with Crippen LogP contribution in [0.5, 0.6) is 0 Å². The molecule has 0 fully saturated rings. The summed E-state index contributed by atoms with van der Waals surface area (Å²) in [6.07, 6.45) is 5.01. The van der Waals surface area contributed by atoms with E-state index in [9.17, 15) is 0 Å². The van der Waals surface area contributed by atoms with E-state index in [-0.39, 0.29) is 15.8 Å². The molecule has 2 aromatic rings. The summed E-state index contributed by atoms with van der Waals surface area (Å²) in [6.45, 7) is 13.7. The molecule has 0 unspecified atom stereocenters. The van der Waals surface area contributed by atoms with E-state index in [4.69, 9.17) is 0 Å². The highest BCUT2D eigenvalue weighted by Gasteiger charge is 2.16. The van der Waals surface area contributed by atoms with Crippen molar-refractivity contribution >= 4 is 37.8 Å². The molecule has 0 saturated carbocycles. The highest BCUT2D eigenvalue weighted by molar-refractivity contribution is 7.66. The maximum atomic E-state index is 3.83. The second-order valence-electron chi connectivity index (χ2n) is 6.51. The van der Waals surface area contributed by atoms with Gasteiger partial charge in [-0.15, -0.1) is 0 Å². The molecule has 0 aromatic heterocycles. The lowest BCUT2D eigenvalue weighted by Crippen LogP contribution is -2.16. The molecule has 2 rings (SSSR count). The second-order valence-corrected chi connectivity index (χ2v) is 12.2. The lowest BCUT2D eigenvalue weighted by atomic mass is 10.2. The van der Waals surface area contributed by atoms with Crippen molar-refractivity contribution in [3.63, 3.8) is 0 Å². The maximum Gasteiger partial charge on any atom is 0.0462 e. The van der Waals surface area contributed by atoms with Gasteiger partial charge >= 0.3 is 0 Å². The Bertz CT molecular complexity index is 629. The van der Waals surface area contributed by atoms with Crippen molar-refractivity contribution in [3.05, 3.63) is 47.5 Å². The van der Waals surface area contributed by atoms with Crippen LogP contribution in [-0.2, 0) is 0 Å². The molecule has 3 heteroatoms. The molecule has 2 aromatic carbocycles. The van der Waals surface area contributed by atoms with Gasteiger partial charge in [0.25, 0.3) is 0 Å². The molecule has 0 amide bonds. The highest BCUT2D eigenvalue weighted by Crippen LogP contribution is 2.40. The largest absolute Gasteiger partial charge is 0.354 e. The van der Waals surface area contributed by atoms with E-state index in [0.717, 1.165) is 0 Å². The third kappa shape index (κ3) is 5.06. The number of benzene rings is 2. The number of hydrogen-bond acceptors (Lipinski definition) is 1. The van der Waals surface area contributed by atoms with Gasteiger partial charge in [-0.3, -0.25) is 0 Å². The molecule has 0 aliphatic rings. The van der Waals surface area contributed by atoms with Crippen molar-refractivity contribution in [2.45, 2.75) is 41.5 Å². The van der Waals surface area contributed by atoms with Gasteiger partial charge in [-0.2, -0.15) is 0 Å². The molecule has 25 heavy (non-hydrogen) atoms. The van der Waals surface area contributed by atoms with Crippen LogP contribution in [0.25, 0.3) is 0 Å². The van der Waals surface area contributed by atoms with Gasteiger partial charge in [-0.25, -0.2) is 0 Å². The van der Waals surface area contributed by atoms with Crippen LogP contribution >= 0.6 is 15.8 Å². The van der Waals surface area contributed by atoms with Crippen molar-refractivity contribution in [2.24, 2.45) is 0 Å². The summed E-state index contributed by atoms with van der Waals surface area (Å²) in [4.78, 5) is 0. The topological polar surface area (TPSA) is 12.0 Å². The van der Waals surface area contributed by atoms with E-state index >= 15 is 0 Å². The molecule has 0 atom stereocenters. The van der Waals surface area contributed by atoms with Gasteiger partial charge in [0, 0.05) is 11.4 Å². The van der Waals surface area contributed by atoms with Gasteiger partial charge in [0.1, 0.15) is 0 Å². The van der Waals surface area contributed by atoms with Crippen molar-refractivity contribution in [1.29, 1.82) is 0 Å². The first kappa shape index (κ1) is 20.4. The molecule has 0 aliphatic carbocycles. The van der Waals surface area contributed by atoms with Crippen molar-refractivity contribution < 1.29 is 0 Å². The Morgan fingerprint density at radius 3 is 1.32 bits per heavy atom. The zero-order valence-corrected chi connectivity index (χ0v) is 18.5. The van der Waals surface area contributed by atoms with E-state index < -0.39 is 0 Å². The Morgan fingerprint density at radius 1 is 0.640 bits per heavy atom. The second kappa shape index (κ2) is 9.70. The first-order chi connectivity index (χ1) is 12.0. The SMILES string of the molecule is CCP(CC)c1cc(C)ccc1Nc1ccc(C)cc1P(CC)CC. The zero-order chi connectivity index (χ0) is 18.4. The summed E-state index contributed by atoms with van der Waals surface area (Å²) in [5.41, 5.74) is 5.35. The average Bonchev–Trinajstić information content (AvgIpc) is 2.61. The Morgan fingerprint density at radius 2 is 1.00 bits per heavy atom. The van der Waals surface area contributed by atoms with Crippen LogP contribution in [0.4, 0.5) is 11.4 Å². The van der Waals surface area contributed by atoms with Crippen LogP contribution in [0.3, 0.4) is 0 Å². The predicted molar refractivity (Wildman–Crippen MR) is 121 cm³/mol. The lowest BCUT2D eigenvalue weighted by Gasteiger charge is -2.23. The van der Waals surface area contributed by atoms with Gasteiger partial charge in [-0.05, 0) is 73.4 Å². The van der Waals surface area contributed by atoms with Crippen LogP contribution in [0.1, 0.15) is 38.8 Å². The van der Waals surface area contributed by atoms with Gasteiger partial charge in [-0.1, -0.05) is 66.8 Å². The van der Waals surface area contributed by atoms with Gasteiger partial charge in [0.05, 0.1) is 0 Å². The minimum atomic E-state index is -0.0802. The Balaban J connectivity index is 2.46. The Hall–Kier alpha value is -0.900. The molecule has 136 valence electrons. The zero-order valence-electron chi connectivity index (χ0n) is 16.7. The molecule has 0 saturated heterocycles. The Labute approximate surface area is 157 Å². The van der Waals surface area contributed by atoms with E-state index in [2.05, 4.69) is 83.3 Å². The normalized spacial score (nSPS) is 11.4. The van der Waals surface area contributed by atoms with E-state index in [1.54, 1.807) is 0 Å². The summed E-state index contributed by atoms with van der Waals surface area (Å²) >= 11 is 0. The minimum absolute atomic E-state index is 0.0802. The molecule has 0 radical (unpaired) electrons. The monoisotopic (exact) mass is 373 g/mol. The molecular formula is C22H33NP2. The smallest absolute Gasteiger partial charge is 0.0462 e. The first-order valence-electron chi connectivity index (χ1n) is 9.52. The van der Waals surface area contributed by atoms with Gasteiger partial charge in [0.15, 0.2) is 0 Å². The highest BCUT2D eigenvalue weighted by atomic mass is 31.1. The van der Waals surface area contributed by atoms with Crippen LogP contribution in [0, 0.1) is 13.8 Å². The third-order valence-electron chi connectivity index (χ3n) is 4.78. The number of aryl methyl sites for hydroxylation is 2. The quantitative estimate of drug-likeness (QED) is 0.532. The van der Waals surface area contributed by atoms with Crippen molar-refractivity contribution in [2.75, 3.05) is 30.0 Å². The Kier molecular flexibility index (Phi) is 7.92. The fourth-order valence-corrected chi connectivity index (χ4v) is 7.26. The van der Waals surface area contributed by atoms with Crippen LogP contribution in [0.15, 0.2) is 36.4 Å². The summed E-state index contributed by atoms with van der Waals surface area (Å²) in [5.74, 6) is 0. The minimum Gasteiger partial charge on any atom is -0.354 e. The average molecular weight is 373 g/mol. The maximum absolute atomic E-state index is 3.83. The summed E-state index contributed by atoms with van der Waals surface area (Å²) < 4.78 is 0. The summed E-state index contributed by atoms with van der Waals surface area (Å²) in [6, 6.07) is 13.8. The lowest BCUT2D eigenvalue weighted by molar-refractivity contribution is 1.40. The predicted octanol–water partition coefficient (Wildman–Crippen LogP) is 6.34. The fraction of sp³-hybridized carbons (Fsp3) is 0.455. The van der Waals surface area contributed by atoms with E-state index in [0.29, 0.717) is 0 Å². The fourth-order valence-electron chi connectivity index (χ4n) is 3.29. The van der Waals surface area contributed by atoms with Crippen LogP contribution in [0.2, 0.25) is 0 Å². The van der Waals surface area contributed by atoms with Crippen LogP contribution in [-0.4, -0.2) is 24.6 Å². The molecule has 0 bridgehead atoms. The van der Waals surface area contributed by atoms with Gasteiger partial charge < -0.3 is 5.32 Å². The third-order valence-corrected chi connectivity index (χ3v) is 9.94. The number of anilines is 2. The number of hydrogen-bond donors (Lipinski definition) is 1. The van der Waals surface area contributed by atoms with E-state index in [1.807, 2.05) is 0 Å². The van der Waals surface area contributed by atoms with Gasteiger partial charge in [0.2, 0.25) is 0 Å². The van der Waals surface area contributed by atoms with Crippen LogP contribution < -0.4 is 15.9 Å². The molecule has 0 spiro atoms. The number of nitrogens with one attached hydrogen (secondary N) is 1. The summed E-state index contributed by atoms with van der Waals surface area (Å²) in [5, 5.41) is 6.89.